The van der Waals surface area contributed by atoms with Gasteiger partial charge in [0.05, 0.1) is 10.8 Å². The summed E-state index contributed by atoms with van der Waals surface area (Å²) in [4.78, 5) is 1.74. The fraction of sp³-hybridized carbons (Fsp3) is 0.200. The zero-order valence-corrected chi connectivity index (χ0v) is 11.2. The van der Waals surface area contributed by atoms with E-state index in [0.29, 0.717) is 0 Å². The molecule has 2 aromatic carbocycles. The average Bonchev–Trinajstić information content (AvgIpc) is 2.32. The highest BCUT2D eigenvalue weighted by molar-refractivity contribution is 7.85. The Morgan fingerprint density at radius 1 is 0.824 bits per heavy atom. The van der Waals surface area contributed by atoms with E-state index in [9.17, 15) is 4.21 Å². The van der Waals surface area contributed by atoms with Crippen molar-refractivity contribution in [2.75, 3.05) is 0 Å². The first-order valence-electron chi connectivity index (χ1n) is 5.63. The van der Waals surface area contributed by atoms with Crippen LogP contribution in [0.15, 0.2) is 52.3 Å². The van der Waals surface area contributed by atoms with Crippen LogP contribution < -0.4 is 0 Å². The lowest BCUT2D eigenvalue weighted by Crippen LogP contribution is -1.94. The molecule has 0 amide bonds. The Hall–Kier alpha value is -1.41. The van der Waals surface area contributed by atoms with Crippen molar-refractivity contribution in [1.82, 2.24) is 0 Å². The van der Waals surface area contributed by atoms with Crippen LogP contribution in [0.3, 0.4) is 0 Å². The Morgan fingerprint density at radius 3 is 2.18 bits per heavy atom. The van der Waals surface area contributed by atoms with Gasteiger partial charge in [0.25, 0.3) is 0 Å². The van der Waals surface area contributed by atoms with Gasteiger partial charge in [0.2, 0.25) is 0 Å². The molecule has 2 rings (SSSR count). The van der Waals surface area contributed by atoms with Crippen molar-refractivity contribution < 1.29 is 4.21 Å². The van der Waals surface area contributed by atoms with Crippen LogP contribution in [-0.2, 0) is 10.8 Å². The van der Waals surface area contributed by atoms with Gasteiger partial charge in [0, 0.05) is 9.79 Å². The van der Waals surface area contributed by atoms with Crippen LogP contribution in [0, 0.1) is 20.8 Å². The predicted molar refractivity (Wildman–Crippen MR) is 71.8 cm³/mol. The van der Waals surface area contributed by atoms with Crippen molar-refractivity contribution in [2.24, 2.45) is 0 Å². The van der Waals surface area contributed by atoms with E-state index in [0.717, 1.165) is 15.4 Å². The SMILES string of the molecule is Cc1cccc(S(=O)c2ccc(C)c(C)c2)c1. The third kappa shape index (κ3) is 2.64. The summed E-state index contributed by atoms with van der Waals surface area (Å²) in [5.74, 6) is 0. The van der Waals surface area contributed by atoms with Crippen LogP contribution in [0.25, 0.3) is 0 Å². The van der Waals surface area contributed by atoms with Gasteiger partial charge in [-0.1, -0.05) is 18.2 Å². The van der Waals surface area contributed by atoms with Gasteiger partial charge in [0.15, 0.2) is 0 Å². The van der Waals surface area contributed by atoms with Gasteiger partial charge < -0.3 is 0 Å². The van der Waals surface area contributed by atoms with Crippen molar-refractivity contribution in [1.29, 1.82) is 0 Å². The summed E-state index contributed by atoms with van der Waals surface area (Å²) in [7, 11) is -1.08. The minimum absolute atomic E-state index is 0.869. The van der Waals surface area contributed by atoms with Crippen LogP contribution in [0.5, 0.6) is 0 Å². The monoisotopic (exact) mass is 244 g/mol. The molecule has 2 heteroatoms. The van der Waals surface area contributed by atoms with Crippen LogP contribution in [0.2, 0.25) is 0 Å². The van der Waals surface area contributed by atoms with Crippen LogP contribution in [-0.4, -0.2) is 4.21 Å². The van der Waals surface area contributed by atoms with Crippen LogP contribution in [0.4, 0.5) is 0 Å². The molecule has 0 aliphatic heterocycles. The summed E-state index contributed by atoms with van der Waals surface area (Å²) in [6.45, 7) is 6.13. The van der Waals surface area contributed by atoms with Crippen molar-refractivity contribution >= 4 is 10.8 Å². The maximum Gasteiger partial charge on any atom is 0.0849 e. The van der Waals surface area contributed by atoms with Crippen LogP contribution in [0.1, 0.15) is 16.7 Å². The Labute approximate surface area is 105 Å². The molecule has 0 radical (unpaired) electrons. The van der Waals surface area contributed by atoms with Crippen molar-refractivity contribution in [2.45, 2.75) is 30.6 Å². The second-order valence-electron chi connectivity index (χ2n) is 4.33. The topological polar surface area (TPSA) is 17.1 Å². The van der Waals surface area contributed by atoms with Crippen molar-refractivity contribution in [3.05, 3.63) is 59.2 Å². The summed E-state index contributed by atoms with van der Waals surface area (Å²) in [5.41, 5.74) is 3.55. The molecule has 0 fully saturated rings. The summed E-state index contributed by atoms with van der Waals surface area (Å²) in [6, 6.07) is 13.8. The molecule has 0 N–H and O–H groups in total. The molecule has 1 unspecified atom stereocenters. The predicted octanol–water partition coefficient (Wildman–Crippen LogP) is 3.78. The van der Waals surface area contributed by atoms with Gasteiger partial charge in [-0.15, -0.1) is 0 Å². The molecule has 1 nitrogen and oxygen atoms in total. The molecule has 0 saturated heterocycles. The first kappa shape index (κ1) is 12.1. The molecule has 0 bridgehead atoms. The van der Waals surface area contributed by atoms with Gasteiger partial charge in [-0.05, 0) is 61.7 Å². The molecule has 88 valence electrons. The molecule has 17 heavy (non-hydrogen) atoms. The molecule has 0 saturated carbocycles. The summed E-state index contributed by atoms with van der Waals surface area (Å²) < 4.78 is 12.4. The zero-order chi connectivity index (χ0) is 12.4. The van der Waals surface area contributed by atoms with Crippen molar-refractivity contribution in [3.8, 4) is 0 Å². The van der Waals surface area contributed by atoms with E-state index < -0.39 is 10.8 Å². The van der Waals surface area contributed by atoms with E-state index in [2.05, 4.69) is 6.92 Å². The van der Waals surface area contributed by atoms with Crippen LogP contribution >= 0.6 is 0 Å². The molecular formula is C15H16OS. The number of hydrogen-bond donors (Lipinski definition) is 0. The van der Waals surface area contributed by atoms with Gasteiger partial charge in [-0.2, -0.15) is 0 Å². The van der Waals surface area contributed by atoms with Gasteiger partial charge in [-0.3, -0.25) is 0 Å². The second kappa shape index (κ2) is 4.84. The van der Waals surface area contributed by atoms with E-state index in [4.69, 9.17) is 0 Å². The zero-order valence-electron chi connectivity index (χ0n) is 10.4. The number of aryl methyl sites for hydroxylation is 3. The molecule has 0 heterocycles. The first-order chi connectivity index (χ1) is 8.08. The smallest absolute Gasteiger partial charge is 0.0849 e. The molecule has 0 aliphatic carbocycles. The average molecular weight is 244 g/mol. The highest BCUT2D eigenvalue weighted by atomic mass is 32.2. The summed E-state index contributed by atoms with van der Waals surface area (Å²) in [6.07, 6.45) is 0. The highest BCUT2D eigenvalue weighted by Gasteiger charge is 2.07. The van der Waals surface area contributed by atoms with E-state index in [1.54, 1.807) is 0 Å². The number of hydrogen-bond acceptors (Lipinski definition) is 1. The largest absolute Gasteiger partial charge is 0.249 e. The lowest BCUT2D eigenvalue weighted by Gasteiger charge is -2.06. The highest BCUT2D eigenvalue weighted by Crippen LogP contribution is 2.19. The Bertz CT molecular complexity index is 573. The third-order valence-electron chi connectivity index (χ3n) is 2.90. The number of rotatable bonds is 2. The Morgan fingerprint density at radius 2 is 1.53 bits per heavy atom. The van der Waals surface area contributed by atoms with E-state index in [1.807, 2.05) is 56.3 Å². The van der Waals surface area contributed by atoms with E-state index in [1.165, 1.54) is 11.1 Å². The summed E-state index contributed by atoms with van der Waals surface area (Å²) in [5, 5.41) is 0. The molecule has 2 aromatic rings. The molecular weight excluding hydrogens is 228 g/mol. The minimum atomic E-state index is -1.08. The van der Waals surface area contributed by atoms with E-state index >= 15 is 0 Å². The standard InChI is InChI=1S/C15H16OS/c1-11-5-4-6-14(9-11)17(16)15-8-7-12(2)13(3)10-15/h4-10H,1-3H3. The molecule has 1 atom stereocenters. The van der Waals surface area contributed by atoms with E-state index in [-0.39, 0.29) is 0 Å². The maximum atomic E-state index is 12.4. The van der Waals surface area contributed by atoms with Gasteiger partial charge >= 0.3 is 0 Å². The normalized spacial score (nSPS) is 12.4. The van der Waals surface area contributed by atoms with Gasteiger partial charge in [-0.25, -0.2) is 4.21 Å². The first-order valence-corrected chi connectivity index (χ1v) is 6.78. The van der Waals surface area contributed by atoms with Gasteiger partial charge in [0.1, 0.15) is 0 Å². The molecule has 0 aliphatic rings. The fourth-order valence-corrected chi connectivity index (χ4v) is 2.94. The number of benzene rings is 2. The summed E-state index contributed by atoms with van der Waals surface area (Å²) >= 11 is 0. The Kier molecular flexibility index (Phi) is 3.43. The third-order valence-corrected chi connectivity index (χ3v) is 4.26. The fourth-order valence-electron chi connectivity index (χ4n) is 1.70. The molecule has 0 aromatic heterocycles. The lowest BCUT2D eigenvalue weighted by atomic mass is 10.1. The molecule has 0 spiro atoms. The Balaban J connectivity index is 2.40. The second-order valence-corrected chi connectivity index (χ2v) is 5.81. The minimum Gasteiger partial charge on any atom is -0.249 e. The quantitative estimate of drug-likeness (QED) is 0.785. The lowest BCUT2D eigenvalue weighted by molar-refractivity contribution is 0.683. The van der Waals surface area contributed by atoms with Crippen molar-refractivity contribution in [3.63, 3.8) is 0 Å². The maximum absolute atomic E-state index is 12.4.